The molecule has 140 valence electrons. The number of nitriles is 1. The zero-order valence-electron chi connectivity index (χ0n) is 15.3. The van der Waals surface area contributed by atoms with Crippen molar-refractivity contribution in [1.82, 2.24) is 14.9 Å². The number of thiazole rings is 1. The lowest BCUT2D eigenvalue weighted by Gasteiger charge is -2.25. The Morgan fingerprint density at radius 2 is 2.19 bits per heavy atom. The molecule has 1 saturated heterocycles. The SMILES string of the molecule is Cc1sc(SNc2ccc(C)c3c(C#N)c[nH]c23)nc1CN1CCOCC1. The van der Waals surface area contributed by atoms with Gasteiger partial charge in [-0.1, -0.05) is 6.07 Å². The van der Waals surface area contributed by atoms with Crippen molar-refractivity contribution in [2.45, 2.75) is 24.7 Å². The van der Waals surface area contributed by atoms with E-state index in [-0.39, 0.29) is 0 Å². The molecule has 0 aliphatic carbocycles. The van der Waals surface area contributed by atoms with Gasteiger partial charge in [0.1, 0.15) is 6.07 Å². The minimum Gasteiger partial charge on any atom is -0.379 e. The number of morpholine rings is 1. The molecule has 0 amide bonds. The van der Waals surface area contributed by atoms with Gasteiger partial charge in [0, 0.05) is 48.0 Å². The number of fused-ring (bicyclic) bond motifs is 1. The smallest absolute Gasteiger partial charge is 0.170 e. The van der Waals surface area contributed by atoms with Crippen LogP contribution in [0.25, 0.3) is 10.9 Å². The normalized spacial score (nSPS) is 15.1. The maximum absolute atomic E-state index is 9.30. The molecule has 1 aliphatic heterocycles. The Morgan fingerprint density at radius 3 is 2.96 bits per heavy atom. The number of benzene rings is 1. The first-order valence-corrected chi connectivity index (χ1v) is 10.5. The summed E-state index contributed by atoms with van der Waals surface area (Å²) in [5.74, 6) is 0. The van der Waals surface area contributed by atoms with Crippen molar-refractivity contribution in [3.05, 3.63) is 40.0 Å². The number of nitrogens with zero attached hydrogens (tertiary/aromatic N) is 3. The Bertz CT molecular complexity index is 998. The Balaban J connectivity index is 1.49. The van der Waals surface area contributed by atoms with E-state index < -0.39 is 0 Å². The molecule has 0 radical (unpaired) electrons. The first-order chi connectivity index (χ1) is 13.2. The number of hydrogen-bond acceptors (Lipinski definition) is 7. The molecule has 0 spiro atoms. The van der Waals surface area contributed by atoms with Gasteiger partial charge in [-0.25, -0.2) is 4.98 Å². The Morgan fingerprint density at radius 1 is 1.37 bits per heavy atom. The van der Waals surface area contributed by atoms with Crippen LogP contribution in [0, 0.1) is 25.2 Å². The Kier molecular flexibility index (Phi) is 5.36. The zero-order valence-corrected chi connectivity index (χ0v) is 17.0. The molecule has 1 fully saturated rings. The van der Waals surface area contributed by atoms with Crippen LogP contribution in [-0.2, 0) is 11.3 Å². The summed E-state index contributed by atoms with van der Waals surface area (Å²) in [6.45, 7) is 8.57. The summed E-state index contributed by atoms with van der Waals surface area (Å²) in [6.07, 6.45) is 1.77. The van der Waals surface area contributed by atoms with Gasteiger partial charge in [-0.3, -0.25) is 4.90 Å². The first kappa shape index (κ1) is 18.3. The molecule has 4 rings (SSSR count). The molecule has 6 nitrogen and oxygen atoms in total. The Labute approximate surface area is 166 Å². The fraction of sp³-hybridized carbons (Fsp3) is 0.368. The van der Waals surface area contributed by atoms with Crippen molar-refractivity contribution in [3.63, 3.8) is 0 Å². The van der Waals surface area contributed by atoms with Gasteiger partial charge in [0.05, 0.1) is 35.7 Å². The Hall–Kier alpha value is -2.05. The molecule has 3 aromatic rings. The second kappa shape index (κ2) is 7.90. The van der Waals surface area contributed by atoms with Gasteiger partial charge in [-0.2, -0.15) is 5.26 Å². The molecular formula is C19H21N5OS2. The van der Waals surface area contributed by atoms with Crippen LogP contribution in [0.5, 0.6) is 0 Å². The number of aromatic nitrogens is 2. The summed E-state index contributed by atoms with van der Waals surface area (Å²) in [7, 11) is 0. The summed E-state index contributed by atoms with van der Waals surface area (Å²) in [6, 6.07) is 6.33. The molecule has 3 heterocycles. The number of aromatic amines is 1. The van der Waals surface area contributed by atoms with E-state index in [4.69, 9.17) is 9.72 Å². The van der Waals surface area contributed by atoms with Crippen LogP contribution in [0.3, 0.4) is 0 Å². The van der Waals surface area contributed by atoms with Gasteiger partial charge in [0.15, 0.2) is 4.34 Å². The number of rotatable bonds is 5. The highest BCUT2D eigenvalue weighted by Gasteiger charge is 2.16. The van der Waals surface area contributed by atoms with E-state index in [1.807, 2.05) is 19.1 Å². The van der Waals surface area contributed by atoms with E-state index in [1.54, 1.807) is 17.5 Å². The van der Waals surface area contributed by atoms with E-state index in [1.165, 1.54) is 16.8 Å². The average molecular weight is 400 g/mol. The third-order valence-corrected chi connectivity index (χ3v) is 6.66. The van der Waals surface area contributed by atoms with Crippen LogP contribution < -0.4 is 4.72 Å². The van der Waals surface area contributed by atoms with Gasteiger partial charge in [0.25, 0.3) is 0 Å². The molecule has 1 aliphatic rings. The van der Waals surface area contributed by atoms with Gasteiger partial charge in [-0.05, 0) is 25.5 Å². The lowest BCUT2D eigenvalue weighted by atomic mass is 10.1. The maximum Gasteiger partial charge on any atom is 0.170 e. The van der Waals surface area contributed by atoms with Crippen LogP contribution in [-0.4, -0.2) is 41.2 Å². The second-order valence-corrected chi connectivity index (χ2v) is 8.83. The largest absolute Gasteiger partial charge is 0.379 e. The number of hydrogen-bond donors (Lipinski definition) is 2. The van der Waals surface area contributed by atoms with E-state index in [9.17, 15) is 5.26 Å². The minimum absolute atomic E-state index is 0.675. The fourth-order valence-electron chi connectivity index (χ4n) is 3.26. The molecule has 0 bridgehead atoms. The number of anilines is 1. The van der Waals surface area contributed by atoms with Crippen LogP contribution in [0.2, 0.25) is 0 Å². The predicted molar refractivity (Wildman–Crippen MR) is 110 cm³/mol. The molecule has 2 aromatic heterocycles. The fourth-order valence-corrected chi connectivity index (χ4v) is 5.09. The van der Waals surface area contributed by atoms with Gasteiger partial charge >= 0.3 is 0 Å². The van der Waals surface area contributed by atoms with Crippen molar-refractivity contribution in [3.8, 4) is 6.07 Å². The van der Waals surface area contributed by atoms with E-state index in [0.29, 0.717) is 5.56 Å². The highest BCUT2D eigenvalue weighted by Crippen LogP contribution is 2.33. The van der Waals surface area contributed by atoms with E-state index in [2.05, 4.69) is 27.6 Å². The monoisotopic (exact) mass is 399 g/mol. The number of aryl methyl sites for hydroxylation is 2. The summed E-state index contributed by atoms with van der Waals surface area (Å²) in [5, 5.41) is 10.3. The molecule has 2 N–H and O–H groups in total. The van der Waals surface area contributed by atoms with Gasteiger partial charge < -0.3 is 14.4 Å². The molecular weight excluding hydrogens is 378 g/mol. The summed E-state index contributed by atoms with van der Waals surface area (Å²) in [5.41, 5.74) is 4.84. The van der Waals surface area contributed by atoms with Gasteiger partial charge in [0.2, 0.25) is 0 Å². The molecule has 27 heavy (non-hydrogen) atoms. The quantitative estimate of drug-likeness (QED) is 0.630. The highest BCUT2D eigenvalue weighted by atomic mass is 32.2. The average Bonchev–Trinajstić information content (AvgIpc) is 3.26. The zero-order chi connectivity index (χ0) is 18.8. The maximum atomic E-state index is 9.30. The van der Waals surface area contributed by atoms with E-state index >= 15 is 0 Å². The molecule has 8 heteroatoms. The van der Waals surface area contributed by atoms with Gasteiger partial charge in [-0.15, -0.1) is 11.3 Å². The molecule has 0 saturated carbocycles. The lowest BCUT2D eigenvalue weighted by molar-refractivity contribution is 0.0336. The van der Waals surface area contributed by atoms with Crippen LogP contribution >= 0.6 is 23.3 Å². The molecule has 0 unspecified atom stereocenters. The third kappa shape index (κ3) is 3.82. The lowest BCUT2D eigenvalue weighted by Crippen LogP contribution is -2.35. The summed E-state index contributed by atoms with van der Waals surface area (Å²) < 4.78 is 9.82. The topological polar surface area (TPSA) is 77.0 Å². The first-order valence-electron chi connectivity index (χ1n) is 8.85. The van der Waals surface area contributed by atoms with Crippen molar-refractivity contribution in [1.29, 1.82) is 5.26 Å². The van der Waals surface area contributed by atoms with Crippen molar-refractivity contribution in [2.24, 2.45) is 0 Å². The van der Waals surface area contributed by atoms with Crippen LogP contribution in [0.1, 0.15) is 21.7 Å². The summed E-state index contributed by atoms with van der Waals surface area (Å²) >= 11 is 3.23. The molecule has 1 aromatic carbocycles. The van der Waals surface area contributed by atoms with E-state index in [0.717, 1.165) is 65.0 Å². The number of nitrogens with one attached hydrogen (secondary N) is 2. The van der Waals surface area contributed by atoms with Crippen LogP contribution in [0.4, 0.5) is 5.69 Å². The van der Waals surface area contributed by atoms with Crippen molar-refractivity contribution < 1.29 is 4.74 Å². The van der Waals surface area contributed by atoms with Crippen molar-refractivity contribution >= 4 is 39.9 Å². The third-order valence-electron chi connectivity index (χ3n) is 4.76. The second-order valence-electron chi connectivity index (χ2n) is 6.57. The number of ether oxygens (including phenoxy) is 1. The standard InChI is InChI=1S/C19H21N5OS2/c1-12-3-4-15(18-17(12)14(9-20)10-21-18)23-27-19-22-16(13(2)26-19)11-24-5-7-25-8-6-24/h3-4,10,21,23H,5-8,11H2,1-2H3. The van der Waals surface area contributed by atoms with Crippen LogP contribution in [0.15, 0.2) is 22.7 Å². The summed E-state index contributed by atoms with van der Waals surface area (Å²) in [4.78, 5) is 11.7. The number of H-pyrrole nitrogens is 1. The van der Waals surface area contributed by atoms with Crippen molar-refractivity contribution in [2.75, 3.05) is 31.0 Å². The predicted octanol–water partition coefficient (Wildman–Crippen LogP) is 4.06. The molecule has 0 atom stereocenters. The minimum atomic E-state index is 0.675. The highest BCUT2D eigenvalue weighted by molar-refractivity contribution is 8.02.